The highest BCUT2D eigenvalue weighted by Gasteiger charge is 2.46. The predicted octanol–water partition coefficient (Wildman–Crippen LogP) is 2.17. The van der Waals surface area contributed by atoms with Crippen molar-refractivity contribution in [2.45, 2.75) is 12.4 Å². The van der Waals surface area contributed by atoms with Crippen LogP contribution in [0.2, 0.25) is 0 Å². The molecule has 0 amide bonds. The molecule has 0 saturated heterocycles. The maximum Gasteiger partial charge on any atom is 0.455 e. The SMILES string of the molecule is O=C(c1cn[nH]c1C(F)(F)F)C(F)(F)F. The number of aromatic nitrogens is 2. The highest BCUT2D eigenvalue weighted by Crippen LogP contribution is 2.32. The van der Waals surface area contributed by atoms with Crippen LogP contribution in [0.3, 0.4) is 0 Å². The predicted molar refractivity (Wildman–Crippen MR) is 34.0 cm³/mol. The number of carbonyl (C=O) groups is 1. The van der Waals surface area contributed by atoms with Gasteiger partial charge in [0.05, 0.1) is 11.8 Å². The van der Waals surface area contributed by atoms with E-state index in [1.807, 2.05) is 0 Å². The summed E-state index contributed by atoms with van der Waals surface area (Å²) in [5, 5.41) is 4.06. The Morgan fingerprint density at radius 1 is 1.20 bits per heavy atom. The van der Waals surface area contributed by atoms with Crippen LogP contribution in [0.4, 0.5) is 26.3 Å². The molecular formula is C6H2F6N2O. The van der Waals surface area contributed by atoms with Crippen molar-refractivity contribution in [3.05, 3.63) is 17.5 Å². The largest absolute Gasteiger partial charge is 0.455 e. The molecular weight excluding hydrogens is 230 g/mol. The van der Waals surface area contributed by atoms with E-state index in [1.54, 1.807) is 0 Å². The molecule has 1 aromatic rings. The van der Waals surface area contributed by atoms with Crippen LogP contribution in [-0.4, -0.2) is 22.2 Å². The minimum Gasteiger partial charge on any atom is -0.284 e. The molecule has 0 fully saturated rings. The molecule has 1 rings (SSSR count). The van der Waals surface area contributed by atoms with Crippen LogP contribution >= 0.6 is 0 Å². The number of alkyl halides is 6. The van der Waals surface area contributed by atoms with Crippen molar-refractivity contribution in [2.24, 2.45) is 0 Å². The molecule has 1 N–H and O–H groups in total. The van der Waals surface area contributed by atoms with Gasteiger partial charge in [-0.05, 0) is 0 Å². The third-order valence-electron chi connectivity index (χ3n) is 1.42. The van der Waals surface area contributed by atoms with Crippen molar-refractivity contribution < 1.29 is 31.1 Å². The summed E-state index contributed by atoms with van der Waals surface area (Å²) in [7, 11) is 0. The third kappa shape index (κ3) is 2.28. The van der Waals surface area contributed by atoms with Crippen LogP contribution in [0.1, 0.15) is 16.1 Å². The Hall–Kier alpha value is -1.54. The number of rotatable bonds is 1. The van der Waals surface area contributed by atoms with Crippen molar-refractivity contribution in [3.63, 3.8) is 0 Å². The van der Waals surface area contributed by atoms with Gasteiger partial charge in [-0.25, -0.2) is 0 Å². The van der Waals surface area contributed by atoms with Gasteiger partial charge in [-0.1, -0.05) is 0 Å². The van der Waals surface area contributed by atoms with Crippen LogP contribution in [0.15, 0.2) is 6.20 Å². The van der Waals surface area contributed by atoms with Gasteiger partial charge in [0.2, 0.25) is 0 Å². The second-order valence-corrected chi connectivity index (χ2v) is 2.48. The molecule has 84 valence electrons. The molecule has 0 atom stereocenters. The zero-order valence-electron chi connectivity index (χ0n) is 6.70. The molecule has 0 aliphatic carbocycles. The molecule has 1 heterocycles. The number of nitrogens with one attached hydrogen (secondary N) is 1. The summed E-state index contributed by atoms with van der Waals surface area (Å²) in [6.45, 7) is 0. The monoisotopic (exact) mass is 232 g/mol. The van der Waals surface area contributed by atoms with E-state index in [4.69, 9.17) is 0 Å². The smallest absolute Gasteiger partial charge is 0.284 e. The van der Waals surface area contributed by atoms with Crippen molar-refractivity contribution in [3.8, 4) is 0 Å². The summed E-state index contributed by atoms with van der Waals surface area (Å²) in [5.74, 6) is -2.58. The first-order chi connectivity index (χ1) is 6.64. The maximum absolute atomic E-state index is 12.0. The Balaban J connectivity index is 3.18. The number of Topliss-reactive ketones (excluding diaryl/α,β-unsaturated/α-hetero) is 1. The van der Waals surface area contributed by atoms with Crippen LogP contribution in [-0.2, 0) is 6.18 Å². The van der Waals surface area contributed by atoms with Gasteiger partial charge in [-0.3, -0.25) is 9.89 Å². The number of hydrogen-bond acceptors (Lipinski definition) is 2. The molecule has 0 aromatic carbocycles. The lowest BCUT2D eigenvalue weighted by molar-refractivity contribution is -0.142. The van der Waals surface area contributed by atoms with Gasteiger partial charge in [0, 0.05) is 0 Å². The fourth-order valence-electron chi connectivity index (χ4n) is 0.827. The molecule has 1 aromatic heterocycles. The van der Waals surface area contributed by atoms with Gasteiger partial charge in [0.15, 0.2) is 5.69 Å². The topological polar surface area (TPSA) is 45.8 Å². The normalized spacial score (nSPS) is 12.9. The van der Waals surface area contributed by atoms with Gasteiger partial charge in [0.1, 0.15) is 0 Å². The number of halogens is 6. The van der Waals surface area contributed by atoms with E-state index in [2.05, 4.69) is 5.10 Å². The van der Waals surface area contributed by atoms with Crippen molar-refractivity contribution in [1.82, 2.24) is 10.2 Å². The Morgan fingerprint density at radius 2 is 1.73 bits per heavy atom. The number of carbonyl (C=O) groups excluding carboxylic acids is 1. The summed E-state index contributed by atoms with van der Waals surface area (Å²) in [6.07, 6.45) is -10.2. The first-order valence-electron chi connectivity index (χ1n) is 3.36. The highest BCUT2D eigenvalue weighted by molar-refractivity contribution is 6.01. The van der Waals surface area contributed by atoms with E-state index < -0.39 is 29.4 Å². The van der Waals surface area contributed by atoms with E-state index in [-0.39, 0.29) is 6.20 Å². The standard InChI is InChI=1S/C6H2F6N2O/c7-5(8,9)3-2(1-13-14-3)4(15)6(10,11)12/h1H,(H,13,14). The minimum atomic E-state index is -5.36. The van der Waals surface area contributed by atoms with E-state index in [9.17, 15) is 31.1 Å². The summed E-state index contributed by atoms with van der Waals surface area (Å²) >= 11 is 0. The van der Waals surface area contributed by atoms with Crippen LogP contribution in [0.25, 0.3) is 0 Å². The number of ketones is 1. The molecule has 9 heteroatoms. The summed E-state index contributed by atoms with van der Waals surface area (Å²) in [5.41, 5.74) is -3.33. The molecule has 0 spiro atoms. The van der Waals surface area contributed by atoms with Crippen molar-refractivity contribution >= 4 is 5.78 Å². The van der Waals surface area contributed by atoms with Gasteiger partial charge in [-0.15, -0.1) is 0 Å². The van der Waals surface area contributed by atoms with Gasteiger partial charge in [-0.2, -0.15) is 31.4 Å². The van der Waals surface area contributed by atoms with E-state index in [1.165, 1.54) is 5.10 Å². The van der Waals surface area contributed by atoms with Crippen molar-refractivity contribution in [1.29, 1.82) is 0 Å². The second-order valence-electron chi connectivity index (χ2n) is 2.48. The molecule has 0 saturated carbocycles. The van der Waals surface area contributed by atoms with E-state index >= 15 is 0 Å². The van der Waals surface area contributed by atoms with Crippen LogP contribution < -0.4 is 0 Å². The van der Waals surface area contributed by atoms with Gasteiger partial charge < -0.3 is 0 Å². The molecule has 0 bridgehead atoms. The molecule has 0 aliphatic rings. The zero-order valence-corrected chi connectivity index (χ0v) is 6.70. The fraction of sp³-hybridized carbons (Fsp3) is 0.333. The van der Waals surface area contributed by atoms with Gasteiger partial charge in [0.25, 0.3) is 5.78 Å². The first-order valence-corrected chi connectivity index (χ1v) is 3.36. The quantitative estimate of drug-likeness (QED) is 0.595. The summed E-state index contributed by atoms with van der Waals surface area (Å²) < 4.78 is 71.6. The average molecular weight is 232 g/mol. The molecule has 0 unspecified atom stereocenters. The molecule has 3 nitrogen and oxygen atoms in total. The molecule has 0 radical (unpaired) electrons. The average Bonchev–Trinajstić information content (AvgIpc) is 2.47. The Kier molecular flexibility index (Phi) is 2.49. The number of H-pyrrole nitrogens is 1. The molecule has 15 heavy (non-hydrogen) atoms. The van der Waals surface area contributed by atoms with E-state index in [0.29, 0.717) is 0 Å². The maximum atomic E-state index is 12.0. The zero-order chi connectivity index (χ0) is 11.9. The lowest BCUT2D eigenvalue weighted by atomic mass is 10.1. The third-order valence-corrected chi connectivity index (χ3v) is 1.42. The Bertz CT molecular complexity index is 376. The molecule has 0 aliphatic heterocycles. The van der Waals surface area contributed by atoms with Crippen molar-refractivity contribution in [2.75, 3.05) is 0 Å². The number of nitrogens with zero attached hydrogens (tertiary/aromatic N) is 1. The Labute approximate surface area is 78.1 Å². The number of aromatic amines is 1. The van der Waals surface area contributed by atoms with Gasteiger partial charge >= 0.3 is 12.4 Å². The summed E-state index contributed by atoms with van der Waals surface area (Å²) in [6, 6.07) is 0. The Morgan fingerprint density at radius 3 is 2.13 bits per heavy atom. The van der Waals surface area contributed by atoms with E-state index in [0.717, 1.165) is 0 Å². The van der Waals surface area contributed by atoms with Crippen LogP contribution in [0, 0.1) is 0 Å². The summed E-state index contributed by atoms with van der Waals surface area (Å²) in [4.78, 5) is 10.5. The lowest BCUT2D eigenvalue weighted by Crippen LogP contribution is -2.25. The lowest BCUT2D eigenvalue weighted by Gasteiger charge is -2.07. The van der Waals surface area contributed by atoms with Crippen LogP contribution in [0.5, 0.6) is 0 Å². The highest BCUT2D eigenvalue weighted by atomic mass is 19.4. The minimum absolute atomic E-state index is 0.193. The fourth-order valence-corrected chi connectivity index (χ4v) is 0.827. The second kappa shape index (κ2) is 3.24. The first kappa shape index (κ1) is 11.5. The number of hydrogen-bond donors (Lipinski definition) is 1.